The van der Waals surface area contributed by atoms with Gasteiger partial charge in [-0.25, -0.2) is 0 Å². The molecule has 2 aromatic rings. The van der Waals surface area contributed by atoms with Gasteiger partial charge in [0.2, 0.25) is 0 Å². The maximum atomic E-state index is 12.7. The largest absolute Gasteiger partial charge is 0.493 e. The lowest BCUT2D eigenvalue weighted by Gasteiger charge is -2.22. The Morgan fingerprint density at radius 2 is 1.73 bits per heavy atom. The van der Waals surface area contributed by atoms with E-state index in [-0.39, 0.29) is 11.9 Å². The average molecular weight is 357 g/mol. The number of carbonyl (C=O) groups is 1. The molecule has 0 aliphatic rings. The van der Waals surface area contributed by atoms with Gasteiger partial charge in [-0.15, -0.1) is 0 Å². The molecule has 0 bridgehead atoms. The quantitative estimate of drug-likeness (QED) is 0.774. The van der Waals surface area contributed by atoms with Crippen molar-refractivity contribution in [2.45, 2.75) is 39.3 Å². The van der Waals surface area contributed by atoms with Gasteiger partial charge in [-0.05, 0) is 49.6 Å². The molecule has 2 unspecified atom stereocenters. The summed E-state index contributed by atoms with van der Waals surface area (Å²) in [4.78, 5) is 12.7. The van der Waals surface area contributed by atoms with Crippen LogP contribution in [0.2, 0.25) is 0 Å². The molecule has 0 aliphatic carbocycles. The second-order valence-electron chi connectivity index (χ2n) is 6.12. The fourth-order valence-electron chi connectivity index (χ4n) is 2.68. The molecule has 0 spiro atoms. The normalized spacial score (nSPS) is 12.8. The van der Waals surface area contributed by atoms with E-state index in [9.17, 15) is 4.79 Å². The lowest BCUT2D eigenvalue weighted by molar-refractivity contribution is -0.128. The van der Waals surface area contributed by atoms with Crippen LogP contribution >= 0.6 is 0 Å². The monoisotopic (exact) mass is 357 g/mol. The highest BCUT2D eigenvalue weighted by Crippen LogP contribution is 2.30. The number of rotatable bonds is 8. The molecule has 2 aromatic carbocycles. The second kappa shape index (κ2) is 9.13. The number of hydrogen-bond acceptors (Lipinski definition) is 4. The molecule has 1 amide bonds. The van der Waals surface area contributed by atoms with Crippen molar-refractivity contribution in [3.8, 4) is 17.2 Å². The number of nitrogens with one attached hydrogen (secondary N) is 1. The topological polar surface area (TPSA) is 56.8 Å². The van der Waals surface area contributed by atoms with Crippen LogP contribution in [0.3, 0.4) is 0 Å². The Hall–Kier alpha value is -2.69. The van der Waals surface area contributed by atoms with E-state index in [2.05, 4.69) is 5.32 Å². The first-order chi connectivity index (χ1) is 12.5. The van der Waals surface area contributed by atoms with Crippen molar-refractivity contribution >= 4 is 5.91 Å². The van der Waals surface area contributed by atoms with Crippen molar-refractivity contribution in [1.82, 2.24) is 5.32 Å². The van der Waals surface area contributed by atoms with Crippen LogP contribution in [0, 0.1) is 6.92 Å². The molecule has 0 aliphatic heterocycles. The van der Waals surface area contributed by atoms with E-state index in [0.717, 1.165) is 16.9 Å². The SMILES string of the molecule is CCC(Oc1ccccc1C)C(=O)NC(C)c1ccc(OC)c(OC)c1. The van der Waals surface area contributed by atoms with E-state index < -0.39 is 6.10 Å². The zero-order chi connectivity index (χ0) is 19.1. The molecule has 0 saturated carbocycles. The summed E-state index contributed by atoms with van der Waals surface area (Å²) >= 11 is 0. The Morgan fingerprint density at radius 1 is 1.04 bits per heavy atom. The first-order valence-electron chi connectivity index (χ1n) is 8.74. The van der Waals surface area contributed by atoms with Crippen LogP contribution in [0.4, 0.5) is 0 Å². The first kappa shape index (κ1) is 19.6. The smallest absolute Gasteiger partial charge is 0.261 e. The van der Waals surface area contributed by atoms with Crippen LogP contribution in [0.1, 0.15) is 37.4 Å². The van der Waals surface area contributed by atoms with Crippen LogP contribution in [-0.2, 0) is 4.79 Å². The Morgan fingerprint density at radius 3 is 2.35 bits per heavy atom. The maximum Gasteiger partial charge on any atom is 0.261 e. The van der Waals surface area contributed by atoms with E-state index in [1.807, 2.05) is 63.2 Å². The molecule has 2 atom stereocenters. The molecule has 0 radical (unpaired) electrons. The number of ether oxygens (including phenoxy) is 3. The van der Waals surface area contributed by atoms with Gasteiger partial charge in [-0.1, -0.05) is 31.2 Å². The summed E-state index contributed by atoms with van der Waals surface area (Å²) in [6, 6.07) is 13.1. The Bertz CT molecular complexity index is 745. The molecule has 26 heavy (non-hydrogen) atoms. The molecule has 140 valence electrons. The van der Waals surface area contributed by atoms with E-state index in [1.54, 1.807) is 14.2 Å². The predicted octanol–water partition coefficient (Wildman–Crippen LogP) is 4.05. The van der Waals surface area contributed by atoms with Crippen molar-refractivity contribution in [1.29, 1.82) is 0 Å². The van der Waals surface area contributed by atoms with Gasteiger partial charge in [-0.3, -0.25) is 4.79 Å². The van der Waals surface area contributed by atoms with Crippen molar-refractivity contribution in [2.24, 2.45) is 0 Å². The number of hydrogen-bond donors (Lipinski definition) is 1. The second-order valence-corrected chi connectivity index (χ2v) is 6.12. The van der Waals surface area contributed by atoms with Crippen molar-refractivity contribution in [2.75, 3.05) is 14.2 Å². The maximum absolute atomic E-state index is 12.7. The van der Waals surface area contributed by atoms with Gasteiger partial charge in [0.15, 0.2) is 17.6 Å². The van der Waals surface area contributed by atoms with Gasteiger partial charge in [-0.2, -0.15) is 0 Å². The molecule has 5 nitrogen and oxygen atoms in total. The summed E-state index contributed by atoms with van der Waals surface area (Å²) in [5.74, 6) is 1.88. The molecular formula is C21H27NO4. The zero-order valence-electron chi connectivity index (χ0n) is 16.0. The third-order valence-electron chi connectivity index (χ3n) is 4.29. The zero-order valence-corrected chi connectivity index (χ0v) is 16.0. The molecule has 0 fully saturated rings. The van der Waals surface area contributed by atoms with Gasteiger partial charge in [0.05, 0.1) is 20.3 Å². The molecule has 1 N–H and O–H groups in total. The standard InChI is InChI=1S/C21H27NO4/c1-6-17(26-18-10-8-7-9-14(18)2)21(23)22-15(3)16-11-12-19(24-4)20(13-16)25-5/h7-13,15,17H,6H2,1-5H3,(H,22,23). The lowest BCUT2D eigenvalue weighted by Crippen LogP contribution is -2.39. The highest BCUT2D eigenvalue weighted by molar-refractivity contribution is 5.81. The number of benzene rings is 2. The van der Waals surface area contributed by atoms with Crippen LogP contribution in [0.25, 0.3) is 0 Å². The summed E-state index contributed by atoms with van der Waals surface area (Å²) in [6.07, 6.45) is 0.0393. The highest BCUT2D eigenvalue weighted by atomic mass is 16.5. The van der Waals surface area contributed by atoms with Crippen molar-refractivity contribution < 1.29 is 19.0 Å². The number of carbonyl (C=O) groups excluding carboxylic acids is 1. The average Bonchev–Trinajstić information content (AvgIpc) is 2.66. The molecule has 2 rings (SSSR count). The minimum absolute atomic E-state index is 0.141. The van der Waals surface area contributed by atoms with Crippen molar-refractivity contribution in [3.63, 3.8) is 0 Å². The summed E-state index contributed by atoms with van der Waals surface area (Å²) in [7, 11) is 3.19. The van der Waals surface area contributed by atoms with Gasteiger partial charge in [0.25, 0.3) is 5.91 Å². The Labute approximate surface area is 155 Å². The van der Waals surface area contributed by atoms with Gasteiger partial charge >= 0.3 is 0 Å². The predicted molar refractivity (Wildman–Crippen MR) is 102 cm³/mol. The molecule has 5 heteroatoms. The third kappa shape index (κ3) is 4.69. The summed E-state index contributed by atoms with van der Waals surface area (Å²) in [5, 5.41) is 3.02. The molecule has 0 aromatic heterocycles. The first-order valence-corrected chi connectivity index (χ1v) is 8.74. The fraction of sp³-hybridized carbons (Fsp3) is 0.381. The van der Waals surface area contributed by atoms with Crippen molar-refractivity contribution in [3.05, 3.63) is 53.6 Å². The van der Waals surface area contributed by atoms with Crippen LogP contribution < -0.4 is 19.5 Å². The number of amides is 1. The third-order valence-corrected chi connectivity index (χ3v) is 4.29. The summed E-state index contributed by atoms with van der Waals surface area (Å²) in [5.41, 5.74) is 1.94. The number of para-hydroxylation sites is 1. The molecular weight excluding hydrogens is 330 g/mol. The highest BCUT2D eigenvalue weighted by Gasteiger charge is 2.21. The van der Waals surface area contributed by atoms with E-state index in [4.69, 9.17) is 14.2 Å². The van der Waals surface area contributed by atoms with Crippen LogP contribution in [0.5, 0.6) is 17.2 Å². The minimum Gasteiger partial charge on any atom is -0.493 e. The molecule has 0 heterocycles. The van der Waals surface area contributed by atoms with Gasteiger partial charge < -0.3 is 19.5 Å². The fourth-order valence-corrected chi connectivity index (χ4v) is 2.68. The van der Waals surface area contributed by atoms with Crippen LogP contribution in [-0.4, -0.2) is 26.2 Å². The minimum atomic E-state index is -0.543. The number of methoxy groups -OCH3 is 2. The summed E-state index contributed by atoms with van der Waals surface area (Å²) in [6.45, 7) is 5.83. The van der Waals surface area contributed by atoms with Gasteiger partial charge in [0.1, 0.15) is 5.75 Å². The van der Waals surface area contributed by atoms with Gasteiger partial charge in [0, 0.05) is 0 Å². The van der Waals surface area contributed by atoms with E-state index >= 15 is 0 Å². The van der Waals surface area contributed by atoms with Crippen LogP contribution in [0.15, 0.2) is 42.5 Å². The van der Waals surface area contributed by atoms with E-state index in [1.165, 1.54) is 0 Å². The lowest BCUT2D eigenvalue weighted by atomic mass is 10.1. The Kier molecular flexibility index (Phi) is 6.89. The summed E-state index contributed by atoms with van der Waals surface area (Å²) < 4.78 is 16.5. The molecule has 0 saturated heterocycles. The van der Waals surface area contributed by atoms with E-state index in [0.29, 0.717) is 17.9 Å². The number of aryl methyl sites for hydroxylation is 1. The Balaban J connectivity index is 2.08.